The van der Waals surface area contributed by atoms with Gasteiger partial charge in [-0.3, -0.25) is 4.79 Å². The maximum absolute atomic E-state index is 12.3. The van der Waals surface area contributed by atoms with Crippen molar-refractivity contribution in [3.8, 4) is 5.75 Å². The standard InChI is InChI=1S/C19H23N3O3S/c1-12(9-13-7-8-26-11-13)20-19(24)22-16-10-14(3-6-17(16)25-2)18(23)21-15-4-5-15/h3,6-8,10-12,15H,4-5,9H2,1-2H3,(H,21,23)(H2,20,22,24)/t12-/m0/s1. The van der Waals surface area contributed by atoms with E-state index in [2.05, 4.69) is 21.3 Å². The van der Waals surface area contributed by atoms with Crippen LogP contribution >= 0.6 is 11.3 Å². The molecule has 1 fully saturated rings. The molecule has 1 heterocycles. The van der Waals surface area contributed by atoms with E-state index in [0.717, 1.165) is 19.3 Å². The predicted molar refractivity (Wildman–Crippen MR) is 103 cm³/mol. The van der Waals surface area contributed by atoms with Crippen LogP contribution < -0.4 is 20.7 Å². The molecule has 26 heavy (non-hydrogen) atoms. The number of benzene rings is 1. The molecule has 0 aliphatic heterocycles. The molecule has 1 aromatic heterocycles. The molecule has 3 rings (SSSR count). The van der Waals surface area contributed by atoms with E-state index in [-0.39, 0.29) is 24.0 Å². The second-order valence-electron chi connectivity index (χ2n) is 6.50. The molecule has 0 bridgehead atoms. The summed E-state index contributed by atoms with van der Waals surface area (Å²) in [6.45, 7) is 1.95. The van der Waals surface area contributed by atoms with Crippen LogP contribution in [0.4, 0.5) is 10.5 Å². The number of carbonyl (C=O) groups is 2. The van der Waals surface area contributed by atoms with Gasteiger partial charge in [0.25, 0.3) is 5.91 Å². The first-order valence-electron chi connectivity index (χ1n) is 8.62. The SMILES string of the molecule is COc1ccc(C(=O)NC2CC2)cc1NC(=O)N[C@@H](C)Cc1ccsc1. The third-order valence-electron chi connectivity index (χ3n) is 4.12. The molecule has 1 saturated carbocycles. The largest absolute Gasteiger partial charge is 0.495 e. The van der Waals surface area contributed by atoms with Crippen molar-refractivity contribution in [2.75, 3.05) is 12.4 Å². The van der Waals surface area contributed by atoms with Crippen LogP contribution in [0.3, 0.4) is 0 Å². The second kappa shape index (κ2) is 8.23. The number of nitrogens with one attached hydrogen (secondary N) is 3. The molecule has 3 amide bonds. The monoisotopic (exact) mass is 373 g/mol. The van der Waals surface area contributed by atoms with E-state index >= 15 is 0 Å². The van der Waals surface area contributed by atoms with E-state index in [4.69, 9.17) is 4.74 Å². The van der Waals surface area contributed by atoms with Crippen LogP contribution in [0.1, 0.15) is 35.7 Å². The highest BCUT2D eigenvalue weighted by Gasteiger charge is 2.24. The maximum atomic E-state index is 12.3. The molecule has 0 saturated heterocycles. The second-order valence-corrected chi connectivity index (χ2v) is 7.28. The lowest BCUT2D eigenvalue weighted by Gasteiger charge is -2.16. The molecule has 2 aromatic rings. The Morgan fingerprint density at radius 2 is 2.12 bits per heavy atom. The first-order chi connectivity index (χ1) is 12.5. The maximum Gasteiger partial charge on any atom is 0.319 e. The summed E-state index contributed by atoms with van der Waals surface area (Å²) < 4.78 is 5.29. The fourth-order valence-electron chi connectivity index (χ4n) is 2.64. The molecule has 6 nitrogen and oxygen atoms in total. The molecule has 0 unspecified atom stereocenters. The van der Waals surface area contributed by atoms with E-state index in [0.29, 0.717) is 17.0 Å². The first kappa shape index (κ1) is 18.3. The van der Waals surface area contributed by atoms with Gasteiger partial charge in [-0.05, 0) is 66.8 Å². The van der Waals surface area contributed by atoms with Crippen LogP contribution in [0.5, 0.6) is 5.75 Å². The van der Waals surface area contributed by atoms with Crippen molar-refractivity contribution in [1.29, 1.82) is 0 Å². The van der Waals surface area contributed by atoms with Crippen molar-refractivity contribution in [2.45, 2.75) is 38.3 Å². The highest BCUT2D eigenvalue weighted by molar-refractivity contribution is 7.07. The molecular weight excluding hydrogens is 350 g/mol. The fourth-order valence-corrected chi connectivity index (χ4v) is 3.32. The molecule has 1 aliphatic carbocycles. The molecule has 0 radical (unpaired) electrons. The quantitative estimate of drug-likeness (QED) is 0.696. The van der Waals surface area contributed by atoms with E-state index < -0.39 is 0 Å². The van der Waals surface area contributed by atoms with Crippen LogP contribution in [0.25, 0.3) is 0 Å². The number of ether oxygens (including phenoxy) is 1. The third kappa shape index (κ3) is 4.98. The number of methoxy groups -OCH3 is 1. The fraction of sp³-hybridized carbons (Fsp3) is 0.368. The number of amides is 3. The van der Waals surface area contributed by atoms with E-state index in [1.165, 1.54) is 12.7 Å². The Kier molecular flexibility index (Phi) is 5.78. The van der Waals surface area contributed by atoms with Gasteiger partial charge in [0, 0.05) is 17.6 Å². The van der Waals surface area contributed by atoms with E-state index in [1.54, 1.807) is 29.5 Å². The third-order valence-corrected chi connectivity index (χ3v) is 4.85. The summed E-state index contributed by atoms with van der Waals surface area (Å²) in [5, 5.41) is 12.7. The Morgan fingerprint density at radius 1 is 1.31 bits per heavy atom. The summed E-state index contributed by atoms with van der Waals surface area (Å²) in [5.74, 6) is 0.373. The minimum Gasteiger partial charge on any atom is -0.495 e. The van der Waals surface area contributed by atoms with Gasteiger partial charge >= 0.3 is 6.03 Å². The van der Waals surface area contributed by atoms with Gasteiger partial charge in [-0.15, -0.1) is 0 Å². The Bertz CT molecular complexity index is 772. The number of hydrogen-bond donors (Lipinski definition) is 3. The lowest BCUT2D eigenvalue weighted by Crippen LogP contribution is -2.37. The molecule has 1 aromatic carbocycles. The van der Waals surface area contributed by atoms with Gasteiger partial charge in [-0.2, -0.15) is 11.3 Å². The van der Waals surface area contributed by atoms with Crippen molar-refractivity contribution in [3.63, 3.8) is 0 Å². The average Bonchev–Trinajstić information content (AvgIpc) is 3.27. The highest BCUT2D eigenvalue weighted by atomic mass is 32.1. The van der Waals surface area contributed by atoms with Gasteiger partial charge in [-0.1, -0.05) is 0 Å². The van der Waals surface area contributed by atoms with E-state index in [1.807, 2.05) is 18.4 Å². The molecule has 1 aliphatic rings. The van der Waals surface area contributed by atoms with E-state index in [9.17, 15) is 9.59 Å². The topological polar surface area (TPSA) is 79.5 Å². The van der Waals surface area contributed by atoms with Crippen molar-refractivity contribution in [2.24, 2.45) is 0 Å². The van der Waals surface area contributed by atoms with Crippen LogP contribution in [0.2, 0.25) is 0 Å². The van der Waals surface area contributed by atoms with Crippen LogP contribution in [-0.2, 0) is 6.42 Å². The lowest BCUT2D eigenvalue weighted by molar-refractivity contribution is 0.0951. The summed E-state index contributed by atoms with van der Waals surface area (Å²) in [6.07, 6.45) is 2.81. The summed E-state index contributed by atoms with van der Waals surface area (Å²) in [5.41, 5.74) is 2.16. The molecular formula is C19H23N3O3S. The normalized spacial score (nSPS) is 14.4. The van der Waals surface area contributed by atoms with Gasteiger partial charge < -0.3 is 20.7 Å². The zero-order chi connectivity index (χ0) is 18.5. The molecule has 3 N–H and O–H groups in total. The lowest BCUT2D eigenvalue weighted by atomic mass is 10.1. The molecule has 0 spiro atoms. The van der Waals surface area contributed by atoms with Crippen LogP contribution in [-0.4, -0.2) is 31.1 Å². The van der Waals surface area contributed by atoms with Crippen molar-refractivity contribution in [1.82, 2.24) is 10.6 Å². The summed E-state index contributed by atoms with van der Waals surface area (Å²) in [7, 11) is 1.53. The minimum atomic E-state index is -0.328. The van der Waals surface area contributed by atoms with Gasteiger partial charge in [0.15, 0.2) is 0 Å². The van der Waals surface area contributed by atoms with Gasteiger partial charge in [-0.25, -0.2) is 4.79 Å². The van der Waals surface area contributed by atoms with Gasteiger partial charge in [0.05, 0.1) is 12.8 Å². The number of urea groups is 1. The zero-order valence-corrected chi connectivity index (χ0v) is 15.7. The molecule has 138 valence electrons. The van der Waals surface area contributed by atoms with Crippen molar-refractivity contribution < 1.29 is 14.3 Å². The van der Waals surface area contributed by atoms with Crippen LogP contribution in [0, 0.1) is 0 Å². The summed E-state index contributed by atoms with van der Waals surface area (Å²) >= 11 is 1.64. The van der Waals surface area contributed by atoms with Crippen molar-refractivity contribution >= 4 is 29.0 Å². The molecule has 7 heteroatoms. The first-order valence-corrected chi connectivity index (χ1v) is 9.57. The zero-order valence-electron chi connectivity index (χ0n) is 14.9. The Morgan fingerprint density at radius 3 is 2.77 bits per heavy atom. The number of carbonyl (C=O) groups excluding carboxylic acids is 2. The smallest absolute Gasteiger partial charge is 0.319 e. The Hall–Kier alpha value is -2.54. The number of hydrogen-bond acceptors (Lipinski definition) is 4. The minimum absolute atomic E-state index is 0.0167. The van der Waals surface area contributed by atoms with Gasteiger partial charge in [0.2, 0.25) is 0 Å². The van der Waals surface area contributed by atoms with Gasteiger partial charge in [0.1, 0.15) is 5.75 Å². The number of anilines is 1. The highest BCUT2D eigenvalue weighted by Crippen LogP contribution is 2.26. The number of thiophene rings is 1. The average molecular weight is 373 g/mol. The summed E-state index contributed by atoms with van der Waals surface area (Å²) in [6, 6.07) is 7.00. The Labute approximate surface area is 156 Å². The van der Waals surface area contributed by atoms with Crippen LogP contribution in [0.15, 0.2) is 35.0 Å². The Balaban J connectivity index is 1.62. The molecule has 1 atom stereocenters. The van der Waals surface area contributed by atoms with Crippen molar-refractivity contribution in [3.05, 3.63) is 46.2 Å². The number of rotatable bonds is 7. The predicted octanol–water partition coefficient (Wildman–Crippen LogP) is 3.40. The summed E-state index contributed by atoms with van der Waals surface area (Å²) in [4.78, 5) is 24.5.